The minimum Gasteiger partial charge on any atom is -0.356 e. The molecule has 18 nitrogen and oxygen atoms in total. The summed E-state index contributed by atoms with van der Waals surface area (Å²) in [7, 11) is 1.88. The second-order valence-corrected chi connectivity index (χ2v) is 22.8. The molecule has 0 saturated carbocycles. The highest BCUT2D eigenvalue weighted by atomic mass is 35.5. The van der Waals surface area contributed by atoms with Crippen molar-refractivity contribution >= 4 is 69.3 Å². The first-order chi connectivity index (χ1) is 35.5. The van der Waals surface area contributed by atoms with E-state index in [0.29, 0.717) is 61.5 Å². The Morgan fingerprint density at radius 3 is 2.36 bits per heavy atom. The Balaban J connectivity index is 0.625. The fraction of sp³-hybridized carbons (Fsp3) is 0.500. The quantitative estimate of drug-likeness (QED) is 0.117. The highest BCUT2D eigenvalue weighted by Gasteiger charge is 2.42. The predicted molar refractivity (Wildman–Crippen MR) is 286 cm³/mol. The van der Waals surface area contributed by atoms with E-state index < -0.39 is 5.54 Å². The lowest BCUT2D eigenvalue weighted by Crippen LogP contribution is -2.60. The van der Waals surface area contributed by atoms with Crippen molar-refractivity contribution in [2.75, 3.05) is 110 Å². The van der Waals surface area contributed by atoms with Crippen molar-refractivity contribution in [2.24, 2.45) is 11.7 Å². The summed E-state index contributed by atoms with van der Waals surface area (Å²) in [5.41, 5.74) is 11.3. The Hall–Kier alpha value is -5.48. The molecule has 4 fully saturated rings. The topological polar surface area (TPSA) is 185 Å². The van der Waals surface area contributed by atoms with E-state index in [1.165, 1.54) is 22.5 Å². The van der Waals surface area contributed by atoms with E-state index in [1.54, 1.807) is 30.6 Å². The molecular weight excluding hydrogens is 982 g/mol. The first kappa shape index (κ1) is 51.0. The molecule has 4 saturated heterocycles. The van der Waals surface area contributed by atoms with Gasteiger partial charge in [0.2, 0.25) is 16.8 Å². The molecule has 0 unspecified atom stereocenters. The van der Waals surface area contributed by atoms with Gasteiger partial charge in [-0.1, -0.05) is 52.9 Å². The second kappa shape index (κ2) is 23.0. The van der Waals surface area contributed by atoms with Gasteiger partial charge in [-0.05, 0) is 92.0 Å². The molecule has 1 atom stereocenters. The van der Waals surface area contributed by atoms with Gasteiger partial charge in [0, 0.05) is 134 Å². The number of piperidine rings is 2. The van der Waals surface area contributed by atoms with Crippen LogP contribution in [0, 0.1) is 12.8 Å². The fourth-order valence-corrected chi connectivity index (χ4v) is 12.9. The number of fused-ring (bicyclic) bond motifs is 1. The summed E-state index contributed by atoms with van der Waals surface area (Å²) in [5, 5.41) is 10.7. The van der Waals surface area contributed by atoms with Crippen molar-refractivity contribution in [1.29, 1.82) is 0 Å². The van der Waals surface area contributed by atoms with Gasteiger partial charge in [0.1, 0.15) is 17.8 Å². The van der Waals surface area contributed by atoms with Gasteiger partial charge < -0.3 is 39.8 Å². The van der Waals surface area contributed by atoms with E-state index >= 15 is 0 Å². The third-order valence-corrected chi connectivity index (χ3v) is 17.9. The van der Waals surface area contributed by atoms with Gasteiger partial charge in [-0.2, -0.15) is 0 Å². The largest absolute Gasteiger partial charge is 0.356 e. The van der Waals surface area contributed by atoms with Gasteiger partial charge in [0.25, 0.3) is 5.91 Å². The number of imidazole rings is 1. The number of aromatic nitrogens is 7. The zero-order valence-corrected chi connectivity index (χ0v) is 44.2. The van der Waals surface area contributed by atoms with Crippen LogP contribution in [-0.4, -0.2) is 193 Å². The summed E-state index contributed by atoms with van der Waals surface area (Å²) in [6.45, 7) is 13.6. The number of rotatable bonds is 16. The van der Waals surface area contributed by atoms with Crippen LogP contribution in [0.1, 0.15) is 64.6 Å². The third-order valence-electron chi connectivity index (χ3n) is 15.5. The molecule has 8 heterocycles. The molecule has 0 aliphatic carbocycles. The van der Waals surface area contributed by atoms with Gasteiger partial charge >= 0.3 is 0 Å². The third kappa shape index (κ3) is 12.1. The lowest BCUT2D eigenvalue weighted by Gasteiger charge is -2.43. The van der Waals surface area contributed by atoms with Gasteiger partial charge in [0.05, 0.1) is 29.8 Å². The molecule has 4 aliphatic heterocycles. The van der Waals surface area contributed by atoms with E-state index in [9.17, 15) is 14.4 Å². The van der Waals surface area contributed by atoms with E-state index in [1.807, 2.05) is 69.0 Å². The number of carbonyl (C=O) groups excluding carboxylic acids is 3. The van der Waals surface area contributed by atoms with Crippen LogP contribution in [-0.2, 0) is 15.3 Å². The lowest BCUT2D eigenvalue weighted by atomic mass is 9.86. The van der Waals surface area contributed by atoms with Gasteiger partial charge in [-0.25, -0.2) is 15.0 Å². The minimum absolute atomic E-state index is 0.0183. The van der Waals surface area contributed by atoms with Crippen molar-refractivity contribution in [2.45, 2.75) is 60.7 Å². The van der Waals surface area contributed by atoms with Crippen molar-refractivity contribution in [3.05, 3.63) is 106 Å². The average molecular weight is 1050 g/mol. The molecule has 0 bridgehead atoms. The van der Waals surface area contributed by atoms with Crippen LogP contribution in [0.2, 0.25) is 5.02 Å². The summed E-state index contributed by atoms with van der Waals surface area (Å²) in [6, 6.07) is 16.0. The second-order valence-electron chi connectivity index (χ2n) is 20.1. The number of anilines is 1. The number of likely N-dealkylation sites (tertiary alicyclic amines) is 1. The Bertz CT molecular complexity index is 2810. The number of amides is 3. The van der Waals surface area contributed by atoms with Crippen LogP contribution in [0.15, 0.2) is 84.1 Å². The summed E-state index contributed by atoms with van der Waals surface area (Å²) in [6.07, 6.45) is 12.6. The first-order valence-corrected chi connectivity index (χ1v) is 27.8. The van der Waals surface area contributed by atoms with Crippen LogP contribution < -0.4 is 10.6 Å². The number of nitrogens with two attached hydrogens (primary N) is 1. The van der Waals surface area contributed by atoms with E-state index in [0.717, 1.165) is 123 Å². The Morgan fingerprint density at radius 2 is 1.63 bits per heavy atom. The summed E-state index contributed by atoms with van der Waals surface area (Å²) < 4.78 is 2.80. The molecular formula is C52H66ClN15O3S2. The van der Waals surface area contributed by atoms with E-state index in [2.05, 4.69) is 74.9 Å². The minimum atomic E-state index is -0.996. The maximum absolute atomic E-state index is 14.3. The number of H-pyrrole nitrogens is 1. The maximum Gasteiger partial charge on any atom is 0.284 e. The number of piperazine rings is 2. The highest BCUT2D eigenvalue weighted by molar-refractivity contribution is 8.00. The molecule has 3 N–H and O–H groups in total. The monoisotopic (exact) mass is 1050 g/mol. The van der Waals surface area contributed by atoms with Crippen molar-refractivity contribution in [3.63, 3.8) is 0 Å². The normalized spacial score (nSPS) is 18.9. The van der Waals surface area contributed by atoms with E-state index in [4.69, 9.17) is 17.3 Å². The number of thioether (sulfide) groups is 1. The van der Waals surface area contributed by atoms with E-state index in [-0.39, 0.29) is 23.8 Å². The maximum atomic E-state index is 14.3. The molecule has 21 heteroatoms. The number of carbonyl (C=O) groups is 3. The van der Waals surface area contributed by atoms with Crippen LogP contribution in [0.5, 0.6) is 0 Å². The Labute approximate surface area is 440 Å². The molecule has 6 aromatic rings. The molecule has 0 spiro atoms. The van der Waals surface area contributed by atoms with Gasteiger partial charge in [-0.15, -0.1) is 10.2 Å². The van der Waals surface area contributed by atoms with Crippen LogP contribution >= 0.6 is 34.7 Å². The summed E-state index contributed by atoms with van der Waals surface area (Å²) in [4.78, 5) is 72.9. The molecule has 2 aromatic carbocycles. The summed E-state index contributed by atoms with van der Waals surface area (Å²) >= 11 is 9.32. The zero-order chi connectivity index (χ0) is 50.5. The number of likely N-dealkylation sites (N-methyl/N-ethyl adjacent to an activating group) is 1. The lowest BCUT2D eigenvalue weighted by molar-refractivity contribution is -0.139. The predicted octanol–water partition coefficient (Wildman–Crippen LogP) is 5.45. The van der Waals surface area contributed by atoms with Crippen LogP contribution in [0.3, 0.4) is 0 Å². The molecule has 4 aromatic heterocycles. The number of hydrogen-bond donors (Lipinski definition) is 2. The highest BCUT2D eigenvalue weighted by Crippen LogP contribution is 2.34. The molecule has 3 amide bonds. The number of halogens is 1. The number of aromatic amines is 1. The smallest absolute Gasteiger partial charge is 0.284 e. The number of hydrogen-bond acceptors (Lipinski definition) is 15. The molecule has 386 valence electrons. The van der Waals surface area contributed by atoms with Gasteiger partial charge in [0.15, 0.2) is 4.34 Å². The first-order valence-electron chi connectivity index (χ1n) is 25.6. The number of aryl methyl sites for hydroxylation is 1. The molecule has 4 aliphatic rings. The van der Waals surface area contributed by atoms with Crippen LogP contribution in [0.25, 0.3) is 16.7 Å². The van der Waals surface area contributed by atoms with Crippen molar-refractivity contribution in [1.82, 2.24) is 64.1 Å². The van der Waals surface area contributed by atoms with Crippen molar-refractivity contribution < 1.29 is 14.4 Å². The average Bonchev–Trinajstić information content (AvgIpc) is 4.24. The molecule has 0 radical (unpaired) electrons. The number of nitrogens with one attached hydrogen (secondary N) is 1. The zero-order valence-electron chi connectivity index (χ0n) is 41.8. The molecule has 10 rings (SSSR count). The van der Waals surface area contributed by atoms with Crippen molar-refractivity contribution in [3.8, 4) is 5.69 Å². The SMILES string of the molecule is Cc1cc(-n2ccnc2)ccc1CSc1nnc(C(=O)N2CCC(CN3CCN(CC(=O)N4CCN(CC[C@@H](c5ccc(Cl)cc5)N(C)C(=O)C5(N)CCN(c6ncnc7[nH]ccc67)CC5)CC4)CC3)CC2)s1. The standard InChI is InChI=1S/C52H66ClN15O3S2/c1-37-31-42(68-22-16-55-36-68)8-5-40(37)34-72-51-60-59-48(73-51)49(70)67-18-10-38(11-19-67)32-63-23-25-64(26-24-63)33-45(69)65-29-27-62(28-30-65)17-12-44(39-3-6-41(53)7-4-39)61(2)50(71)52(54)13-20-66(21-14-52)47-43-9-15-56-46(43)57-35-58-47/h3-9,15-16,22,31,35-36,38,44H,10-14,17-21,23-30,32-34,54H2,1-2H3,(H,56,57,58)/t44-/m0/s1. The summed E-state index contributed by atoms with van der Waals surface area (Å²) in [5.74, 6) is 2.27. The van der Waals surface area contributed by atoms with Crippen LogP contribution in [0.4, 0.5) is 5.82 Å². The van der Waals surface area contributed by atoms with Gasteiger partial charge in [-0.3, -0.25) is 24.2 Å². The number of nitrogens with zero attached hydrogens (tertiary/aromatic N) is 13. The molecule has 73 heavy (non-hydrogen) atoms. The Kier molecular flexibility index (Phi) is 16.0. The Morgan fingerprint density at radius 1 is 0.890 bits per heavy atom. The number of benzene rings is 2. The fourth-order valence-electron chi connectivity index (χ4n) is 10.9.